The fourth-order valence-corrected chi connectivity index (χ4v) is 4.74. The number of hydrogen-bond donors (Lipinski definition) is 0. The summed E-state index contributed by atoms with van der Waals surface area (Å²) in [6.45, 7) is 5.07. The maximum atomic E-state index is 13.6. The van der Waals surface area contributed by atoms with E-state index in [1.54, 1.807) is 26.0 Å². The van der Waals surface area contributed by atoms with Gasteiger partial charge in [-0.25, -0.2) is 8.42 Å². The first-order valence-electron chi connectivity index (χ1n) is 10.3. The number of hydrogen-bond acceptors (Lipinski definition) is 8. The number of rotatable bonds is 8. The molecule has 0 saturated heterocycles. The van der Waals surface area contributed by atoms with Crippen molar-refractivity contribution < 1.29 is 27.8 Å². The average Bonchev–Trinajstić information content (AvgIpc) is 2.80. The molecule has 0 heterocycles. The van der Waals surface area contributed by atoms with Crippen LogP contribution < -0.4 is 9.04 Å². The lowest BCUT2D eigenvalue weighted by atomic mass is 10.1. The van der Waals surface area contributed by atoms with Crippen LogP contribution in [0.15, 0.2) is 65.6 Å². The molecular weight excluding hydrogens is 478 g/mol. The summed E-state index contributed by atoms with van der Waals surface area (Å²) in [5.74, 6) is -0.765. The molecule has 0 aliphatic heterocycles. The number of nitrogens with zero attached hydrogens (tertiary/aromatic N) is 3. The minimum atomic E-state index is -4.52. The Bertz CT molecular complexity index is 1370. The smallest absolute Gasteiger partial charge is 0.279 e. The van der Waals surface area contributed by atoms with Gasteiger partial charge in [-0.2, -0.15) is 4.31 Å². The van der Waals surface area contributed by atoms with Crippen LogP contribution in [0, 0.1) is 34.1 Å². The molecule has 11 nitrogen and oxygen atoms in total. The first-order valence-corrected chi connectivity index (χ1v) is 11.7. The molecule has 0 aliphatic carbocycles. The Morgan fingerprint density at radius 2 is 1.43 bits per heavy atom. The Balaban J connectivity index is 2.24. The van der Waals surface area contributed by atoms with E-state index in [2.05, 4.69) is 0 Å². The van der Waals surface area contributed by atoms with Crippen molar-refractivity contribution in [1.82, 2.24) is 0 Å². The van der Waals surface area contributed by atoms with Crippen LogP contribution in [0.4, 0.5) is 17.1 Å². The van der Waals surface area contributed by atoms with Gasteiger partial charge in [0.05, 0.1) is 32.6 Å². The molecule has 0 unspecified atom stereocenters. The average molecular weight is 500 g/mol. The fourth-order valence-electron chi connectivity index (χ4n) is 3.33. The zero-order valence-electron chi connectivity index (χ0n) is 19.0. The van der Waals surface area contributed by atoms with Gasteiger partial charge in [0.1, 0.15) is 11.3 Å². The van der Waals surface area contributed by atoms with E-state index in [0.29, 0.717) is 16.7 Å². The predicted octanol–water partition coefficient (Wildman–Crippen LogP) is 4.55. The number of nitro groups is 2. The first-order chi connectivity index (χ1) is 16.5. The van der Waals surface area contributed by atoms with Crippen molar-refractivity contribution in [3.8, 4) is 5.75 Å². The second-order valence-corrected chi connectivity index (χ2v) is 9.25. The van der Waals surface area contributed by atoms with Crippen LogP contribution in [0.3, 0.4) is 0 Å². The van der Waals surface area contributed by atoms with Crippen molar-refractivity contribution in [3.63, 3.8) is 0 Å². The molecule has 3 aromatic rings. The molecule has 3 rings (SSSR count). The van der Waals surface area contributed by atoms with Crippen LogP contribution in [-0.4, -0.2) is 30.8 Å². The highest BCUT2D eigenvalue weighted by Gasteiger charge is 2.35. The number of sulfonamides is 1. The highest BCUT2D eigenvalue weighted by Crippen LogP contribution is 2.33. The van der Waals surface area contributed by atoms with E-state index in [1.165, 1.54) is 43.3 Å². The SMILES string of the molecule is CCOc1ccc(N(C(=O)c2cc([N+](=O)[O-])c(C)c([N+](=O)[O-])c2)S(=O)(=O)c2ccc(C)cc2)cc1. The van der Waals surface area contributed by atoms with Crippen LogP contribution >= 0.6 is 0 Å². The molecular formula is C23H21N3O8S. The Hall–Kier alpha value is -4.32. The monoisotopic (exact) mass is 499 g/mol. The van der Waals surface area contributed by atoms with E-state index in [0.717, 1.165) is 17.7 Å². The molecule has 0 radical (unpaired) electrons. The normalized spacial score (nSPS) is 11.1. The second kappa shape index (κ2) is 9.89. The summed E-state index contributed by atoms with van der Waals surface area (Å²) >= 11 is 0. The maximum absolute atomic E-state index is 13.6. The highest BCUT2D eigenvalue weighted by atomic mass is 32.2. The summed E-state index contributed by atoms with van der Waals surface area (Å²) in [4.78, 5) is 34.6. The summed E-state index contributed by atoms with van der Waals surface area (Å²) < 4.78 is 33.0. The van der Waals surface area contributed by atoms with E-state index in [9.17, 15) is 33.4 Å². The molecule has 35 heavy (non-hydrogen) atoms. The molecule has 0 atom stereocenters. The summed E-state index contributed by atoms with van der Waals surface area (Å²) in [5, 5.41) is 23.0. The molecule has 0 N–H and O–H groups in total. The molecule has 12 heteroatoms. The number of carbonyl (C=O) groups excluding carboxylic acids is 1. The molecule has 0 saturated carbocycles. The van der Waals surface area contributed by atoms with Crippen LogP contribution in [0.1, 0.15) is 28.4 Å². The van der Waals surface area contributed by atoms with Crippen LogP contribution in [0.25, 0.3) is 0 Å². The van der Waals surface area contributed by atoms with E-state index in [1.807, 2.05) is 0 Å². The summed E-state index contributed by atoms with van der Waals surface area (Å²) in [6.07, 6.45) is 0. The lowest BCUT2D eigenvalue weighted by Gasteiger charge is -2.23. The van der Waals surface area contributed by atoms with Crippen molar-refractivity contribution in [3.05, 3.63) is 97.6 Å². The van der Waals surface area contributed by atoms with Crippen molar-refractivity contribution >= 4 is 33.0 Å². The van der Waals surface area contributed by atoms with Gasteiger partial charge < -0.3 is 4.74 Å². The fraction of sp³-hybridized carbons (Fsp3) is 0.174. The molecule has 182 valence electrons. The van der Waals surface area contributed by atoms with E-state index in [4.69, 9.17) is 4.74 Å². The van der Waals surface area contributed by atoms with E-state index >= 15 is 0 Å². The van der Waals surface area contributed by atoms with Gasteiger partial charge in [0.15, 0.2) is 0 Å². The predicted molar refractivity (Wildman–Crippen MR) is 127 cm³/mol. The Kier molecular flexibility index (Phi) is 7.15. The summed E-state index contributed by atoms with van der Waals surface area (Å²) in [7, 11) is -4.52. The van der Waals surface area contributed by atoms with Gasteiger partial charge in [-0.05, 0) is 57.2 Å². The zero-order chi connectivity index (χ0) is 25.9. The summed E-state index contributed by atoms with van der Waals surface area (Å²) in [6, 6.07) is 13.0. The minimum absolute atomic E-state index is 0.0788. The number of benzene rings is 3. The standard InChI is InChI=1S/C23H21N3O8S/c1-4-34-19-9-7-18(8-10-19)24(35(32,33)20-11-5-15(2)6-12-20)23(27)17-13-21(25(28)29)16(3)22(14-17)26(30)31/h5-14H,4H2,1-3H3. The van der Waals surface area contributed by atoms with Crippen molar-refractivity contribution in [1.29, 1.82) is 0 Å². The molecule has 0 bridgehead atoms. The molecule has 0 fully saturated rings. The van der Waals surface area contributed by atoms with Gasteiger partial charge in [-0.15, -0.1) is 0 Å². The van der Waals surface area contributed by atoms with Crippen molar-refractivity contribution in [2.75, 3.05) is 10.9 Å². The van der Waals surface area contributed by atoms with Gasteiger partial charge in [0.25, 0.3) is 27.3 Å². The third-order valence-electron chi connectivity index (χ3n) is 5.12. The molecule has 0 aliphatic rings. The van der Waals surface area contributed by atoms with Gasteiger partial charge >= 0.3 is 0 Å². The van der Waals surface area contributed by atoms with Crippen LogP contribution in [0.5, 0.6) is 5.75 Å². The van der Waals surface area contributed by atoms with Crippen molar-refractivity contribution in [2.45, 2.75) is 25.7 Å². The minimum Gasteiger partial charge on any atom is -0.494 e. The molecule has 3 aromatic carbocycles. The van der Waals surface area contributed by atoms with Crippen LogP contribution in [0.2, 0.25) is 0 Å². The number of ether oxygens (including phenoxy) is 1. The third kappa shape index (κ3) is 5.11. The van der Waals surface area contributed by atoms with Crippen molar-refractivity contribution in [2.24, 2.45) is 0 Å². The lowest BCUT2D eigenvalue weighted by molar-refractivity contribution is -0.395. The number of aryl methyl sites for hydroxylation is 1. The largest absolute Gasteiger partial charge is 0.494 e. The van der Waals surface area contributed by atoms with Gasteiger partial charge in [-0.3, -0.25) is 25.0 Å². The molecule has 1 amide bonds. The quantitative estimate of drug-likeness (QED) is 0.323. The molecule has 0 aromatic heterocycles. The zero-order valence-corrected chi connectivity index (χ0v) is 19.8. The number of nitro benzene ring substituents is 2. The number of anilines is 1. The van der Waals surface area contributed by atoms with Gasteiger partial charge in [-0.1, -0.05) is 17.7 Å². The highest BCUT2D eigenvalue weighted by molar-refractivity contribution is 7.93. The third-order valence-corrected chi connectivity index (χ3v) is 6.84. The van der Waals surface area contributed by atoms with Gasteiger partial charge in [0.2, 0.25) is 0 Å². The Morgan fingerprint density at radius 3 is 1.89 bits per heavy atom. The van der Waals surface area contributed by atoms with Crippen LogP contribution in [-0.2, 0) is 10.0 Å². The van der Waals surface area contributed by atoms with E-state index < -0.39 is 42.7 Å². The summed E-state index contributed by atoms with van der Waals surface area (Å²) in [5.41, 5.74) is -1.44. The van der Waals surface area contributed by atoms with Gasteiger partial charge in [0, 0.05) is 12.1 Å². The second-order valence-electron chi connectivity index (χ2n) is 7.47. The number of carbonyl (C=O) groups is 1. The lowest BCUT2D eigenvalue weighted by Crippen LogP contribution is -2.37. The Labute approximate surface area is 200 Å². The maximum Gasteiger partial charge on any atom is 0.279 e. The Morgan fingerprint density at radius 1 is 0.914 bits per heavy atom. The molecule has 0 spiro atoms. The number of amides is 1. The first kappa shape index (κ1) is 25.3. The van der Waals surface area contributed by atoms with E-state index in [-0.39, 0.29) is 16.1 Å². The topological polar surface area (TPSA) is 150 Å².